The lowest BCUT2D eigenvalue weighted by molar-refractivity contribution is -0.684. The van der Waals surface area contributed by atoms with Gasteiger partial charge in [0.1, 0.15) is 17.2 Å². The van der Waals surface area contributed by atoms with Crippen molar-refractivity contribution in [1.82, 2.24) is 15.1 Å². The standard InChI is InChI=1S/C34H30FN5O8S2/c35-25-14-22(1-6-26(25)42)36-27(43)16-38-10-7-19(8-11-38)15-39-12-9-20(31(39)45)13-21-17-50-33-29(32(46)40(33)30(21)34(47)48)37-28(44)18-49-24-4-2-23(41)3-5-24/h1-8,10-11,13-14,29,33H,9,12,15-18H2,(H4-,36,37,41,42,43,44,47,48)/t29-,33-/m1/s1. The van der Waals surface area contributed by atoms with Crippen LogP contribution in [-0.2, 0) is 37.1 Å². The van der Waals surface area contributed by atoms with Crippen LogP contribution in [0.3, 0.4) is 0 Å². The molecular weight excluding hydrogens is 690 g/mol. The topological polar surface area (TPSA) is 183 Å². The van der Waals surface area contributed by atoms with Gasteiger partial charge < -0.3 is 35.6 Å². The van der Waals surface area contributed by atoms with Gasteiger partial charge in [-0.1, -0.05) is 0 Å². The number of carbonyl (C=O) groups is 5. The second-order valence-electron chi connectivity index (χ2n) is 11.6. The fourth-order valence-corrected chi connectivity index (χ4v) is 7.70. The molecule has 16 heteroatoms. The van der Waals surface area contributed by atoms with E-state index in [4.69, 9.17) is 0 Å². The van der Waals surface area contributed by atoms with Crippen molar-refractivity contribution in [2.75, 3.05) is 23.4 Å². The number of benzene rings is 2. The van der Waals surface area contributed by atoms with Gasteiger partial charge in [0.05, 0.1) is 17.4 Å². The average Bonchev–Trinajstić information content (AvgIpc) is 3.43. The first-order chi connectivity index (χ1) is 24.0. The number of carboxylic acids is 1. The number of aromatic hydroxyl groups is 2. The number of aromatic nitrogens is 1. The Morgan fingerprint density at radius 1 is 1.06 bits per heavy atom. The molecule has 3 aliphatic heterocycles. The normalized spacial score (nSPS) is 19.3. The van der Waals surface area contributed by atoms with Crippen LogP contribution in [0.1, 0.15) is 12.0 Å². The van der Waals surface area contributed by atoms with Gasteiger partial charge in [-0.2, -0.15) is 4.57 Å². The van der Waals surface area contributed by atoms with Gasteiger partial charge in [0, 0.05) is 53.2 Å². The van der Waals surface area contributed by atoms with Gasteiger partial charge in [-0.15, -0.1) is 23.5 Å². The van der Waals surface area contributed by atoms with E-state index < -0.39 is 46.7 Å². The summed E-state index contributed by atoms with van der Waals surface area (Å²) in [6, 6.07) is 12.5. The number of amides is 4. The van der Waals surface area contributed by atoms with E-state index in [-0.39, 0.29) is 53.2 Å². The number of carbonyl (C=O) groups excluding carboxylic acids is 5. The van der Waals surface area contributed by atoms with E-state index in [1.165, 1.54) is 47.8 Å². The summed E-state index contributed by atoms with van der Waals surface area (Å²) in [6.45, 7) is 0.615. The van der Waals surface area contributed by atoms with E-state index >= 15 is 0 Å². The first-order valence-corrected chi connectivity index (χ1v) is 17.4. The number of thioether (sulfide) groups is 2. The van der Waals surface area contributed by atoms with Gasteiger partial charge in [0.15, 0.2) is 24.0 Å². The maximum Gasteiger partial charge on any atom is 0.290 e. The highest BCUT2D eigenvalue weighted by Gasteiger charge is 2.52. The SMILES string of the molecule is O=C(C[n+]1ccc(CN2CCC(=CC3=C(C(=O)[O-])N4C(=O)[C@@H](NC(=O)CSc5ccc(O)cc5)[C@H]4SC3)C2=O)cc1)Nc1ccc(O)c(F)c1. The number of hydrogen-bond donors (Lipinski definition) is 4. The van der Waals surface area contributed by atoms with Crippen molar-refractivity contribution in [1.29, 1.82) is 0 Å². The summed E-state index contributed by atoms with van der Waals surface area (Å²) in [5.74, 6) is -4.25. The maximum atomic E-state index is 13.5. The van der Waals surface area contributed by atoms with Gasteiger partial charge >= 0.3 is 0 Å². The zero-order valence-corrected chi connectivity index (χ0v) is 27.8. The number of allylic oxidation sites excluding steroid dienone is 1. The molecular formula is C34H30FN5O8S2. The Kier molecular flexibility index (Phi) is 10.1. The van der Waals surface area contributed by atoms with E-state index in [1.54, 1.807) is 46.1 Å². The van der Waals surface area contributed by atoms with Gasteiger partial charge in [-0.05, 0) is 60.0 Å². The van der Waals surface area contributed by atoms with Crippen molar-refractivity contribution in [2.24, 2.45) is 0 Å². The van der Waals surface area contributed by atoms with Crippen molar-refractivity contribution in [3.63, 3.8) is 0 Å². The van der Waals surface area contributed by atoms with Crippen LogP contribution in [0, 0.1) is 5.82 Å². The fraction of sp³-hybridized carbons (Fsp3) is 0.235. The van der Waals surface area contributed by atoms with Crippen LogP contribution in [0.5, 0.6) is 11.5 Å². The molecule has 50 heavy (non-hydrogen) atoms. The molecule has 1 aromatic heterocycles. The minimum absolute atomic E-state index is 0.0244. The summed E-state index contributed by atoms with van der Waals surface area (Å²) >= 11 is 2.52. The molecule has 2 atom stereocenters. The number of nitrogens with zero attached hydrogens (tertiary/aromatic N) is 3. The summed E-state index contributed by atoms with van der Waals surface area (Å²) in [7, 11) is 0. The summed E-state index contributed by atoms with van der Waals surface area (Å²) < 4.78 is 15.2. The minimum atomic E-state index is -1.55. The van der Waals surface area contributed by atoms with Gasteiger partial charge in [-0.25, -0.2) is 4.39 Å². The molecule has 0 radical (unpaired) electrons. The summed E-state index contributed by atoms with van der Waals surface area (Å²) in [5, 5.41) is 35.6. The molecule has 4 heterocycles. The third-order valence-corrected chi connectivity index (χ3v) is 10.5. The van der Waals surface area contributed by atoms with Crippen LogP contribution in [-0.4, -0.2) is 79.1 Å². The van der Waals surface area contributed by atoms with Gasteiger partial charge in [0.2, 0.25) is 18.4 Å². The Hall–Kier alpha value is -5.35. The number of phenolic OH excluding ortho intramolecular Hbond substituents is 2. The highest BCUT2D eigenvalue weighted by Crippen LogP contribution is 2.41. The van der Waals surface area contributed by atoms with Crippen LogP contribution >= 0.6 is 23.5 Å². The molecule has 3 aliphatic rings. The number of phenols is 2. The predicted octanol–water partition coefficient (Wildman–Crippen LogP) is 1.02. The van der Waals surface area contributed by atoms with Crippen molar-refractivity contribution < 1.29 is 48.2 Å². The molecule has 0 saturated carbocycles. The monoisotopic (exact) mass is 719 g/mol. The minimum Gasteiger partial charge on any atom is -0.543 e. The molecule has 0 aliphatic carbocycles. The number of fused-ring (bicyclic) bond motifs is 1. The Labute approximate surface area is 293 Å². The van der Waals surface area contributed by atoms with Crippen LogP contribution in [0.4, 0.5) is 10.1 Å². The molecule has 13 nitrogen and oxygen atoms in total. The summed E-state index contributed by atoms with van der Waals surface area (Å²) in [5.41, 5.74) is 1.37. The lowest BCUT2D eigenvalue weighted by atomic mass is 10.0. The highest BCUT2D eigenvalue weighted by molar-refractivity contribution is 8.00. The number of rotatable bonds is 11. The number of anilines is 1. The predicted molar refractivity (Wildman–Crippen MR) is 177 cm³/mol. The molecule has 4 N–H and O–H groups in total. The molecule has 0 bridgehead atoms. The molecule has 258 valence electrons. The van der Waals surface area contributed by atoms with E-state index in [1.807, 2.05) is 0 Å². The second-order valence-corrected chi connectivity index (χ2v) is 13.8. The number of aliphatic carboxylic acids is 1. The highest BCUT2D eigenvalue weighted by atomic mass is 32.2. The van der Waals surface area contributed by atoms with Crippen molar-refractivity contribution in [3.8, 4) is 11.5 Å². The first kappa shape index (κ1) is 34.5. The molecule has 3 aromatic rings. The number of halogens is 1. The first-order valence-electron chi connectivity index (χ1n) is 15.3. The van der Waals surface area contributed by atoms with Crippen molar-refractivity contribution in [3.05, 3.63) is 101 Å². The van der Waals surface area contributed by atoms with E-state index in [9.17, 15) is 43.7 Å². The molecule has 6 rings (SSSR count). The molecule has 2 aromatic carbocycles. The number of hydrogen-bond acceptors (Lipinski definition) is 10. The maximum absolute atomic E-state index is 13.5. The molecule has 4 amide bonds. The van der Waals surface area contributed by atoms with Gasteiger partial charge in [-0.3, -0.25) is 24.1 Å². The smallest absolute Gasteiger partial charge is 0.290 e. The second kappa shape index (κ2) is 14.6. The lowest BCUT2D eigenvalue weighted by Crippen LogP contribution is -2.71. The Morgan fingerprint density at radius 3 is 2.50 bits per heavy atom. The fourth-order valence-electron chi connectivity index (χ4n) is 5.68. The van der Waals surface area contributed by atoms with Crippen molar-refractivity contribution >= 4 is 58.8 Å². The number of pyridine rings is 1. The molecule has 0 unspecified atom stereocenters. The lowest BCUT2D eigenvalue weighted by Gasteiger charge is -2.50. The zero-order chi connectivity index (χ0) is 35.5. The largest absolute Gasteiger partial charge is 0.543 e. The molecule has 0 spiro atoms. The van der Waals surface area contributed by atoms with E-state index in [2.05, 4.69) is 10.6 Å². The summed E-state index contributed by atoms with van der Waals surface area (Å²) in [4.78, 5) is 67.0. The van der Waals surface area contributed by atoms with Crippen LogP contribution in [0.25, 0.3) is 0 Å². The number of likely N-dealkylation sites (tertiary alicyclic amines) is 1. The number of nitrogens with one attached hydrogen (secondary N) is 2. The average molecular weight is 720 g/mol. The number of β-lactam (4-membered cyclic amide) rings is 1. The molecule has 2 fully saturated rings. The number of carboxylic acid groups (broad SMARTS) is 1. The van der Waals surface area contributed by atoms with Crippen LogP contribution in [0.15, 0.2) is 94.8 Å². The van der Waals surface area contributed by atoms with E-state index in [0.717, 1.165) is 27.5 Å². The third kappa shape index (κ3) is 7.60. The quantitative estimate of drug-likeness (QED) is 0.0734. The van der Waals surface area contributed by atoms with Crippen LogP contribution < -0.4 is 20.3 Å². The molecule has 2 saturated heterocycles. The zero-order valence-electron chi connectivity index (χ0n) is 26.2. The van der Waals surface area contributed by atoms with E-state index in [0.29, 0.717) is 18.5 Å². The van der Waals surface area contributed by atoms with Gasteiger partial charge in [0.25, 0.3) is 11.8 Å². The Bertz CT molecular complexity index is 1940. The van der Waals surface area contributed by atoms with Crippen molar-refractivity contribution in [2.45, 2.75) is 35.8 Å². The third-order valence-electron chi connectivity index (χ3n) is 8.17. The Balaban J connectivity index is 1.04. The Morgan fingerprint density at radius 2 is 1.80 bits per heavy atom. The van der Waals surface area contributed by atoms with Crippen LogP contribution in [0.2, 0.25) is 0 Å². The summed E-state index contributed by atoms with van der Waals surface area (Å²) in [6.07, 6.45) is 5.23.